The van der Waals surface area contributed by atoms with Crippen LogP contribution < -0.4 is 16.2 Å². The van der Waals surface area contributed by atoms with Crippen LogP contribution in [0.5, 0.6) is 5.75 Å². The summed E-state index contributed by atoms with van der Waals surface area (Å²) >= 11 is 0. The Hall–Kier alpha value is -3.46. The molecule has 0 atom stereocenters. The van der Waals surface area contributed by atoms with Gasteiger partial charge in [-0.3, -0.25) is 14.6 Å². The van der Waals surface area contributed by atoms with Crippen LogP contribution in [0.15, 0.2) is 35.3 Å². The van der Waals surface area contributed by atoms with Crippen molar-refractivity contribution < 1.29 is 19.4 Å². The summed E-state index contributed by atoms with van der Waals surface area (Å²) in [6, 6.07) is 6.10. The molecule has 1 aromatic carbocycles. The van der Waals surface area contributed by atoms with Gasteiger partial charge in [0.1, 0.15) is 16.9 Å². The molecule has 4 N–H and O–H groups in total. The predicted molar refractivity (Wildman–Crippen MR) is 105 cm³/mol. The zero-order chi connectivity index (χ0) is 20.5. The Morgan fingerprint density at radius 1 is 1.31 bits per heavy atom. The van der Waals surface area contributed by atoms with Crippen LogP contribution in [-0.2, 0) is 13.0 Å². The second-order valence-corrected chi connectivity index (χ2v) is 6.75. The van der Waals surface area contributed by atoms with Crippen molar-refractivity contribution in [2.45, 2.75) is 13.0 Å². The molecule has 0 bridgehead atoms. The Balaban J connectivity index is 1.86. The van der Waals surface area contributed by atoms with Crippen molar-refractivity contribution in [1.82, 2.24) is 14.9 Å². The number of nitrogens with one attached hydrogen (secondary N) is 2. The van der Waals surface area contributed by atoms with Crippen LogP contribution in [0.25, 0.3) is 11.0 Å². The lowest BCUT2D eigenvalue weighted by Gasteiger charge is -2.24. The van der Waals surface area contributed by atoms with Gasteiger partial charge in [-0.25, -0.2) is 4.39 Å². The first kappa shape index (κ1) is 18.9. The van der Waals surface area contributed by atoms with Crippen molar-refractivity contribution in [3.8, 4) is 5.75 Å². The second kappa shape index (κ2) is 7.51. The summed E-state index contributed by atoms with van der Waals surface area (Å²) in [7, 11) is 0. The lowest BCUT2D eigenvalue weighted by Crippen LogP contribution is -2.37. The van der Waals surface area contributed by atoms with Crippen LogP contribution in [0.1, 0.15) is 21.5 Å². The molecule has 0 fully saturated rings. The molecule has 2 aromatic heterocycles. The fourth-order valence-corrected chi connectivity index (χ4v) is 3.55. The summed E-state index contributed by atoms with van der Waals surface area (Å²) in [6.45, 7) is 0.454. The molecule has 1 aliphatic heterocycles. The fraction of sp³-hybridized carbons (Fsp3) is 0.250. The highest BCUT2D eigenvalue weighted by Gasteiger charge is 2.27. The van der Waals surface area contributed by atoms with Crippen molar-refractivity contribution in [3.05, 3.63) is 63.3 Å². The minimum absolute atomic E-state index is 0.0351. The standard InChI is InChI=1S/C20H19FN4O4/c21-13-3-1-11(2-4-13)9-12-10-24-16-17-15(12)22-5-7-25(17)20(29)14(18(16)27)19(28)23-6-8-26/h1-4,10,22,26-27H,5-9H2,(H,23,28). The van der Waals surface area contributed by atoms with Gasteiger partial charge in [-0.05, 0) is 17.7 Å². The molecule has 1 amide bonds. The van der Waals surface area contributed by atoms with Gasteiger partial charge in [0.05, 0.1) is 17.8 Å². The van der Waals surface area contributed by atoms with Crippen LogP contribution in [0.3, 0.4) is 0 Å². The first-order valence-electron chi connectivity index (χ1n) is 9.16. The summed E-state index contributed by atoms with van der Waals surface area (Å²) < 4.78 is 14.6. The van der Waals surface area contributed by atoms with Gasteiger partial charge in [0.25, 0.3) is 11.5 Å². The van der Waals surface area contributed by atoms with E-state index in [0.29, 0.717) is 30.7 Å². The molecule has 0 radical (unpaired) electrons. The SMILES string of the molecule is O=C(NCCO)c1c(O)c2ncc(Cc3ccc(F)cc3)c3c2n(c1=O)CCN3. The van der Waals surface area contributed by atoms with Crippen molar-refractivity contribution in [1.29, 1.82) is 0 Å². The number of hydrogen-bond acceptors (Lipinski definition) is 6. The molecule has 3 heterocycles. The molecule has 4 rings (SSSR count). The normalized spacial score (nSPS) is 12.6. The van der Waals surface area contributed by atoms with E-state index < -0.39 is 22.8 Å². The number of aromatic nitrogens is 2. The van der Waals surface area contributed by atoms with Crippen LogP contribution in [0.2, 0.25) is 0 Å². The Bertz CT molecular complexity index is 1160. The number of hydrogen-bond donors (Lipinski definition) is 4. The minimum atomic E-state index is -0.760. The predicted octanol–water partition coefficient (Wildman–Crippen LogP) is 0.980. The maximum absolute atomic E-state index is 13.2. The molecule has 0 spiro atoms. The molecule has 1 aliphatic rings. The highest BCUT2D eigenvalue weighted by atomic mass is 19.1. The third-order valence-electron chi connectivity index (χ3n) is 4.89. The molecule has 0 saturated heterocycles. The van der Waals surface area contributed by atoms with E-state index in [9.17, 15) is 19.1 Å². The third-order valence-corrected chi connectivity index (χ3v) is 4.89. The Morgan fingerprint density at radius 3 is 2.79 bits per heavy atom. The number of carbonyl (C=O) groups is 1. The maximum Gasteiger partial charge on any atom is 0.267 e. The monoisotopic (exact) mass is 398 g/mol. The van der Waals surface area contributed by atoms with E-state index in [1.165, 1.54) is 16.7 Å². The van der Waals surface area contributed by atoms with Gasteiger partial charge < -0.3 is 25.4 Å². The number of pyridine rings is 2. The van der Waals surface area contributed by atoms with E-state index in [4.69, 9.17) is 5.11 Å². The van der Waals surface area contributed by atoms with E-state index in [0.717, 1.165) is 11.1 Å². The van der Waals surface area contributed by atoms with Crippen molar-refractivity contribution in [3.63, 3.8) is 0 Å². The molecular weight excluding hydrogens is 379 g/mol. The van der Waals surface area contributed by atoms with E-state index in [-0.39, 0.29) is 24.5 Å². The third kappa shape index (κ3) is 3.29. The number of rotatable bonds is 5. The highest BCUT2D eigenvalue weighted by molar-refractivity contribution is 6.04. The van der Waals surface area contributed by atoms with Gasteiger partial charge in [-0.1, -0.05) is 12.1 Å². The number of halogens is 1. The molecule has 0 aliphatic carbocycles. The molecule has 0 unspecified atom stereocenters. The molecule has 3 aromatic rings. The number of carbonyl (C=O) groups excluding carboxylic acids is 1. The van der Waals surface area contributed by atoms with Gasteiger partial charge >= 0.3 is 0 Å². The summed E-state index contributed by atoms with van der Waals surface area (Å²) in [4.78, 5) is 29.6. The maximum atomic E-state index is 13.2. The van der Waals surface area contributed by atoms with Crippen LogP contribution >= 0.6 is 0 Å². The number of anilines is 1. The Morgan fingerprint density at radius 2 is 2.07 bits per heavy atom. The minimum Gasteiger partial charge on any atom is -0.505 e. The average molecular weight is 398 g/mol. The van der Waals surface area contributed by atoms with Crippen LogP contribution in [0.4, 0.5) is 10.1 Å². The number of aliphatic hydroxyl groups is 1. The van der Waals surface area contributed by atoms with Crippen LogP contribution in [0, 0.1) is 5.82 Å². The lowest BCUT2D eigenvalue weighted by molar-refractivity contribution is 0.0940. The number of nitrogens with zero attached hydrogens (tertiary/aromatic N) is 2. The fourth-order valence-electron chi connectivity index (χ4n) is 3.55. The second-order valence-electron chi connectivity index (χ2n) is 6.75. The topological polar surface area (TPSA) is 116 Å². The van der Waals surface area contributed by atoms with E-state index in [1.807, 2.05) is 0 Å². The van der Waals surface area contributed by atoms with Crippen molar-refractivity contribution in [2.75, 3.05) is 25.0 Å². The van der Waals surface area contributed by atoms with E-state index in [1.54, 1.807) is 18.3 Å². The van der Waals surface area contributed by atoms with Gasteiger partial charge in [0.15, 0.2) is 5.75 Å². The summed E-state index contributed by atoms with van der Waals surface area (Å²) in [5.41, 5.74) is 1.87. The summed E-state index contributed by atoms with van der Waals surface area (Å²) in [5.74, 6) is -1.57. The van der Waals surface area contributed by atoms with Crippen molar-refractivity contribution in [2.24, 2.45) is 0 Å². The van der Waals surface area contributed by atoms with Crippen molar-refractivity contribution >= 4 is 22.6 Å². The highest BCUT2D eigenvalue weighted by Crippen LogP contribution is 2.34. The Kier molecular flexibility index (Phi) is 4.89. The zero-order valence-corrected chi connectivity index (χ0v) is 15.4. The molecule has 150 valence electrons. The molecule has 0 saturated carbocycles. The van der Waals surface area contributed by atoms with Gasteiger partial charge in [0, 0.05) is 37.8 Å². The first-order chi connectivity index (χ1) is 14.0. The van der Waals surface area contributed by atoms with E-state index in [2.05, 4.69) is 15.6 Å². The average Bonchev–Trinajstić information content (AvgIpc) is 2.73. The number of benzene rings is 1. The molecule has 9 heteroatoms. The largest absolute Gasteiger partial charge is 0.505 e. The smallest absolute Gasteiger partial charge is 0.267 e. The number of aromatic hydroxyl groups is 1. The Labute approximate surface area is 164 Å². The molecule has 29 heavy (non-hydrogen) atoms. The van der Waals surface area contributed by atoms with Crippen LogP contribution in [-0.4, -0.2) is 45.4 Å². The number of aliphatic hydroxyl groups excluding tert-OH is 1. The van der Waals surface area contributed by atoms with E-state index >= 15 is 0 Å². The molecular formula is C20H19FN4O4. The lowest BCUT2D eigenvalue weighted by atomic mass is 10.0. The quantitative estimate of drug-likeness (QED) is 0.509. The van der Waals surface area contributed by atoms with Gasteiger partial charge in [-0.15, -0.1) is 0 Å². The van der Waals surface area contributed by atoms with Gasteiger partial charge in [0.2, 0.25) is 0 Å². The molecule has 8 nitrogen and oxygen atoms in total. The summed E-state index contributed by atoms with van der Waals surface area (Å²) in [6.07, 6.45) is 2.03. The zero-order valence-electron chi connectivity index (χ0n) is 15.4. The number of amides is 1. The first-order valence-corrected chi connectivity index (χ1v) is 9.16. The summed E-state index contributed by atoms with van der Waals surface area (Å²) in [5, 5.41) is 25.1. The van der Waals surface area contributed by atoms with Gasteiger partial charge in [-0.2, -0.15) is 0 Å².